The predicted molar refractivity (Wildman–Crippen MR) is 132 cm³/mol. The van der Waals surface area contributed by atoms with Crippen LogP contribution in [-0.4, -0.2) is 50.3 Å². The summed E-state index contributed by atoms with van der Waals surface area (Å²) in [7, 11) is -3.87. The first-order valence-electron chi connectivity index (χ1n) is 11.6. The number of aromatic nitrogens is 4. The van der Waals surface area contributed by atoms with Gasteiger partial charge in [0.1, 0.15) is 23.6 Å². The van der Waals surface area contributed by atoms with Crippen LogP contribution in [0.4, 0.5) is 10.2 Å². The quantitative estimate of drug-likeness (QED) is 0.274. The lowest BCUT2D eigenvalue weighted by Crippen LogP contribution is -2.38. The number of carbonyl (C=O) groups is 1. The van der Waals surface area contributed by atoms with Crippen molar-refractivity contribution in [1.29, 1.82) is 0 Å². The summed E-state index contributed by atoms with van der Waals surface area (Å²) in [5.41, 5.74) is 6.37. The summed E-state index contributed by atoms with van der Waals surface area (Å²) in [6, 6.07) is 7.49. The van der Waals surface area contributed by atoms with Crippen molar-refractivity contribution in [1.82, 2.24) is 24.6 Å². The van der Waals surface area contributed by atoms with E-state index in [-0.39, 0.29) is 24.0 Å². The number of fused-ring (bicyclic) bond motifs is 1. The number of nitrogens with zero attached hydrogens (tertiary/aromatic N) is 4. The first-order valence-corrected chi connectivity index (χ1v) is 13.4. The van der Waals surface area contributed by atoms with Crippen molar-refractivity contribution in [3.63, 3.8) is 0 Å². The van der Waals surface area contributed by atoms with E-state index in [9.17, 15) is 13.8 Å². The molecule has 0 bridgehead atoms. The summed E-state index contributed by atoms with van der Waals surface area (Å²) in [4.78, 5) is 24.6. The molecule has 37 heavy (non-hydrogen) atoms. The fourth-order valence-electron chi connectivity index (χ4n) is 3.55. The van der Waals surface area contributed by atoms with E-state index >= 15 is 0 Å². The number of nitrogen functional groups attached to an aromatic ring is 1. The maximum absolute atomic E-state index is 14.8. The van der Waals surface area contributed by atoms with E-state index in [1.54, 1.807) is 51.1 Å². The molecule has 3 heterocycles. The van der Waals surface area contributed by atoms with Crippen LogP contribution < -0.4 is 15.3 Å². The van der Waals surface area contributed by atoms with Gasteiger partial charge in [-0.15, -0.1) is 0 Å². The Morgan fingerprint density at radius 2 is 2.03 bits per heavy atom. The van der Waals surface area contributed by atoms with Crippen LogP contribution in [0.2, 0.25) is 0 Å². The van der Waals surface area contributed by atoms with Gasteiger partial charge in [0.25, 0.3) is 0 Å². The summed E-state index contributed by atoms with van der Waals surface area (Å²) >= 11 is 0. The number of esters is 1. The van der Waals surface area contributed by atoms with E-state index in [1.807, 2.05) is 0 Å². The summed E-state index contributed by atoms with van der Waals surface area (Å²) in [6.07, 6.45) is 0.612. The zero-order valence-corrected chi connectivity index (χ0v) is 21.4. The van der Waals surface area contributed by atoms with Crippen LogP contribution in [-0.2, 0) is 23.6 Å². The van der Waals surface area contributed by atoms with Crippen LogP contribution in [0.1, 0.15) is 33.4 Å². The van der Waals surface area contributed by atoms with Gasteiger partial charge in [0, 0.05) is 6.08 Å². The van der Waals surface area contributed by atoms with E-state index in [2.05, 4.69) is 20.0 Å². The van der Waals surface area contributed by atoms with Crippen LogP contribution in [0.25, 0.3) is 11.2 Å². The number of hydrogen-bond acceptors (Lipinski definition) is 10. The molecule has 3 aromatic rings. The number of nitrogens with two attached hydrogens (primary N) is 1. The molecule has 198 valence electrons. The van der Waals surface area contributed by atoms with Crippen molar-refractivity contribution in [2.24, 2.45) is 0 Å². The zero-order valence-electron chi connectivity index (χ0n) is 20.5. The Hall–Kier alpha value is -3.38. The van der Waals surface area contributed by atoms with Crippen LogP contribution >= 0.6 is 7.52 Å². The molecule has 0 spiro atoms. The number of carbonyl (C=O) groups excluding carboxylic acids is 1. The molecule has 0 fully saturated rings. The van der Waals surface area contributed by atoms with E-state index in [4.69, 9.17) is 24.5 Å². The van der Waals surface area contributed by atoms with Crippen molar-refractivity contribution in [2.45, 2.75) is 51.9 Å². The normalized spacial score (nSPS) is 20.0. The smallest absolute Gasteiger partial charge is 0.342 e. The minimum atomic E-state index is -3.87. The Balaban J connectivity index is 1.49. The second-order valence-electron chi connectivity index (χ2n) is 8.44. The fourth-order valence-corrected chi connectivity index (χ4v) is 5.30. The number of anilines is 1. The molecule has 3 N–H and O–H groups in total. The van der Waals surface area contributed by atoms with E-state index in [1.165, 1.54) is 17.2 Å². The third-order valence-electron chi connectivity index (χ3n) is 5.24. The Kier molecular flexibility index (Phi) is 8.18. The van der Waals surface area contributed by atoms with Gasteiger partial charge < -0.3 is 24.5 Å². The van der Waals surface area contributed by atoms with Crippen LogP contribution in [0.15, 0.2) is 54.9 Å². The minimum absolute atomic E-state index is 0.144. The predicted octanol–water partition coefficient (Wildman–Crippen LogP) is 3.68. The third-order valence-corrected chi connectivity index (χ3v) is 6.94. The number of halogens is 1. The SMILES string of the molecule is CCC(NP(=O)(CO[C@@H]1C=C(F)[C@H](n2cnc3c(N)ncnc32)O1)Oc1ccccc1)C(=O)OC(C)C. The van der Waals surface area contributed by atoms with Gasteiger partial charge in [-0.25, -0.2) is 24.4 Å². The lowest BCUT2D eigenvalue weighted by Gasteiger charge is -2.26. The van der Waals surface area contributed by atoms with Gasteiger partial charge in [0.05, 0.1) is 12.4 Å². The van der Waals surface area contributed by atoms with Crippen LogP contribution in [0.3, 0.4) is 0 Å². The molecule has 0 aliphatic carbocycles. The fraction of sp³-hybridized carbons (Fsp3) is 0.391. The Morgan fingerprint density at radius 3 is 2.73 bits per heavy atom. The number of benzene rings is 1. The molecule has 1 aromatic carbocycles. The molecule has 0 amide bonds. The molecule has 0 radical (unpaired) electrons. The molecule has 12 nitrogen and oxygen atoms in total. The lowest BCUT2D eigenvalue weighted by atomic mass is 10.2. The maximum atomic E-state index is 14.8. The molecule has 4 rings (SSSR count). The number of hydrogen-bond donors (Lipinski definition) is 2. The van der Waals surface area contributed by atoms with Gasteiger partial charge in [0.15, 0.2) is 36.2 Å². The third kappa shape index (κ3) is 6.31. The number of ether oxygens (including phenoxy) is 3. The van der Waals surface area contributed by atoms with Gasteiger partial charge in [-0.1, -0.05) is 25.1 Å². The van der Waals surface area contributed by atoms with Gasteiger partial charge >= 0.3 is 13.5 Å². The molecule has 14 heteroatoms. The number of imidazole rings is 1. The monoisotopic (exact) mass is 534 g/mol. The van der Waals surface area contributed by atoms with Gasteiger partial charge in [-0.3, -0.25) is 13.9 Å². The molecular weight excluding hydrogens is 506 g/mol. The lowest BCUT2D eigenvalue weighted by molar-refractivity contribution is -0.149. The van der Waals surface area contributed by atoms with Crippen molar-refractivity contribution >= 4 is 30.5 Å². The molecule has 0 saturated heterocycles. The molecule has 4 atom stereocenters. The highest BCUT2D eigenvalue weighted by molar-refractivity contribution is 7.57. The van der Waals surface area contributed by atoms with Gasteiger partial charge in [0.2, 0.25) is 0 Å². The average molecular weight is 534 g/mol. The number of nitrogens with one attached hydrogen (secondary N) is 1. The van der Waals surface area contributed by atoms with Crippen molar-refractivity contribution in [2.75, 3.05) is 12.1 Å². The second-order valence-corrected chi connectivity index (χ2v) is 10.5. The molecule has 1 aliphatic rings. The van der Waals surface area contributed by atoms with Crippen LogP contribution in [0.5, 0.6) is 5.75 Å². The maximum Gasteiger partial charge on any atom is 0.342 e. The largest absolute Gasteiger partial charge is 0.462 e. The summed E-state index contributed by atoms with van der Waals surface area (Å²) < 4.78 is 52.3. The molecule has 1 aliphatic heterocycles. The summed E-state index contributed by atoms with van der Waals surface area (Å²) in [6.45, 7) is 5.17. The Labute approximate surface area is 212 Å². The molecule has 2 unspecified atom stereocenters. The van der Waals surface area contributed by atoms with Gasteiger partial charge in [-0.2, -0.15) is 0 Å². The van der Waals surface area contributed by atoms with Crippen molar-refractivity contribution < 1.29 is 32.5 Å². The Bertz CT molecular complexity index is 1320. The topological polar surface area (TPSA) is 153 Å². The van der Waals surface area contributed by atoms with E-state index in [0.717, 1.165) is 6.08 Å². The average Bonchev–Trinajstić information content (AvgIpc) is 3.45. The molecule has 0 saturated carbocycles. The van der Waals surface area contributed by atoms with Crippen molar-refractivity contribution in [3.8, 4) is 5.75 Å². The standard InChI is InChI=1S/C23H28FN6O6P/c1-4-17(23(31)34-14(2)3)29-37(32,36-15-8-6-5-7-9-15)13-33-18-10-16(24)22(35-18)30-12-28-19-20(25)26-11-27-21(19)30/h5-12,14,17-18,22H,4,13H2,1-3H3,(H,29,32)(H2,25,26,27)/t17?,18-,22+,37?/m0/s1. The number of rotatable bonds is 11. The highest BCUT2D eigenvalue weighted by Gasteiger charge is 2.36. The summed E-state index contributed by atoms with van der Waals surface area (Å²) in [5.74, 6) is -0.806. The van der Waals surface area contributed by atoms with Crippen LogP contribution in [0, 0.1) is 0 Å². The summed E-state index contributed by atoms with van der Waals surface area (Å²) in [5, 5.41) is 2.76. The first-order chi connectivity index (χ1) is 17.7. The zero-order chi connectivity index (χ0) is 26.6. The highest BCUT2D eigenvalue weighted by atomic mass is 31.2. The minimum Gasteiger partial charge on any atom is -0.462 e. The highest BCUT2D eigenvalue weighted by Crippen LogP contribution is 2.45. The van der Waals surface area contributed by atoms with E-state index < -0.39 is 44.2 Å². The second kappa shape index (κ2) is 11.3. The van der Waals surface area contributed by atoms with Crippen molar-refractivity contribution in [3.05, 3.63) is 54.9 Å². The Morgan fingerprint density at radius 1 is 1.27 bits per heavy atom. The van der Waals surface area contributed by atoms with Gasteiger partial charge in [-0.05, 0) is 32.4 Å². The molecule has 2 aromatic heterocycles. The van der Waals surface area contributed by atoms with E-state index in [0.29, 0.717) is 11.3 Å². The number of para-hydroxylation sites is 1. The molecular formula is C23H28FN6O6P. The first kappa shape index (κ1) is 26.7.